The fourth-order valence-corrected chi connectivity index (χ4v) is 7.24. The second-order valence-corrected chi connectivity index (χ2v) is 13.3. The molecule has 0 spiro atoms. The predicted molar refractivity (Wildman–Crippen MR) is 159 cm³/mol. The van der Waals surface area contributed by atoms with Gasteiger partial charge in [-0.15, -0.1) is 0 Å². The van der Waals surface area contributed by atoms with Crippen LogP contribution in [-0.2, 0) is 34.8 Å². The van der Waals surface area contributed by atoms with Crippen LogP contribution < -0.4 is 10.1 Å². The van der Waals surface area contributed by atoms with E-state index < -0.39 is 55.6 Å². The molecule has 1 heterocycles. The fraction of sp³-hybridized carbons (Fsp3) is 0.719. The van der Waals surface area contributed by atoms with Gasteiger partial charge in [0, 0.05) is 12.8 Å². The molecule has 3 aliphatic carbocycles. The van der Waals surface area contributed by atoms with E-state index in [0.717, 1.165) is 19.8 Å². The van der Waals surface area contributed by atoms with Gasteiger partial charge in [-0.2, -0.15) is 0 Å². The lowest BCUT2D eigenvalue weighted by Gasteiger charge is -2.64. The van der Waals surface area contributed by atoms with Crippen molar-refractivity contribution in [3.8, 4) is 5.75 Å². The molecule has 1 aromatic carbocycles. The minimum Gasteiger partial charge on any atom is -0.496 e. The number of rotatable bonds is 14. The summed E-state index contributed by atoms with van der Waals surface area (Å²) in [5.74, 6) is -4.73. The van der Waals surface area contributed by atoms with Gasteiger partial charge >= 0.3 is 19.1 Å². The van der Waals surface area contributed by atoms with Gasteiger partial charge in [-0.3, -0.25) is 9.59 Å². The lowest BCUT2D eigenvalue weighted by molar-refractivity contribution is -0.199. The molecule has 244 valence electrons. The van der Waals surface area contributed by atoms with Crippen molar-refractivity contribution in [2.75, 3.05) is 13.9 Å². The number of hydrogen-bond donors (Lipinski definition) is 1. The largest absolute Gasteiger partial charge is 0.496 e. The zero-order valence-corrected chi connectivity index (χ0v) is 26.9. The molecule has 5 rings (SSSR count). The van der Waals surface area contributed by atoms with Crippen LogP contribution in [0.1, 0.15) is 96.0 Å². The van der Waals surface area contributed by atoms with E-state index in [-0.39, 0.29) is 47.5 Å². The third-order valence-electron chi connectivity index (χ3n) is 10.1. The Hall–Kier alpha value is -2.73. The van der Waals surface area contributed by atoms with Gasteiger partial charge in [0.15, 0.2) is 0 Å². The molecule has 0 aromatic heterocycles. The van der Waals surface area contributed by atoms with Crippen LogP contribution in [0, 0.1) is 23.2 Å². The average Bonchev–Trinajstić information content (AvgIpc) is 3.33. The van der Waals surface area contributed by atoms with Gasteiger partial charge in [0.2, 0.25) is 18.6 Å². The Kier molecular flexibility index (Phi) is 10.3. The van der Waals surface area contributed by atoms with Crippen molar-refractivity contribution < 1.29 is 46.7 Å². The molecule has 4 aliphatic rings. The Bertz CT molecular complexity index is 1220. The number of esters is 2. The second kappa shape index (κ2) is 13.3. The number of methoxy groups -OCH3 is 1. The number of ether oxygens (including phenoxy) is 3. The average molecular weight is 622 g/mol. The summed E-state index contributed by atoms with van der Waals surface area (Å²) < 4.78 is 56.1. The molecule has 44 heavy (non-hydrogen) atoms. The van der Waals surface area contributed by atoms with Crippen LogP contribution in [0.4, 0.5) is 8.78 Å². The highest BCUT2D eigenvalue weighted by Gasteiger charge is 2.68. The number of carbonyl (C=O) groups excluding carboxylic acids is 3. The first-order valence-electron chi connectivity index (χ1n) is 15.6. The lowest BCUT2D eigenvalue weighted by atomic mass is 9.43. The smallest absolute Gasteiger partial charge is 0.482 e. The zero-order valence-electron chi connectivity index (χ0n) is 26.9. The topological polar surface area (TPSA) is 109 Å². The van der Waals surface area contributed by atoms with Crippen LogP contribution >= 0.6 is 0 Å². The van der Waals surface area contributed by atoms with Gasteiger partial charge in [-0.25, -0.2) is 13.6 Å². The number of carbonyl (C=O) groups is 3. The second-order valence-electron chi connectivity index (χ2n) is 13.3. The van der Waals surface area contributed by atoms with E-state index in [1.807, 2.05) is 13.8 Å². The van der Waals surface area contributed by atoms with E-state index in [1.165, 1.54) is 13.2 Å². The molecular formula is C32H46BF2NO8. The predicted octanol–water partition coefficient (Wildman–Crippen LogP) is 5.52. The van der Waals surface area contributed by atoms with Crippen LogP contribution in [-0.4, -0.2) is 62.4 Å². The number of amides is 1. The summed E-state index contributed by atoms with van der Waals surface area (Å²) in [4.78, 5) is 38.1. The Morgan fingerprint density at radius 3 is 2.45 bits per heavy atom. The molecule has 2 bridgehead atoms. The van der Waals surface area contributed by atoms with Crippen molar-refractivity contribution in [1.82, 2.24) is 5.32 Å². The van der Waals surface area contributed by atoms with Gasteiger partial charge in [-0.1, -0.05) is 39.8 Å². The molecule has 1 N–H and O–H groups in total. The van der Waals surface area contributed by atoms with Crippen molar-refractivity contribution in [2.24, 2.45) is 23.2 Å². The van der Waals surface area contributed by atoms with E-state index in [0.29, 0.717) is 24.3 Å². The summed E-state index contributed by atoms with van der Waals surface area (Å²) in [6.45, 7) is 10.6. The van der Waals surface area contributed by atoms with E-state index in [1.54, 1.807) is 12.1 Å². The molecule has 5 unspecified atom stereocenters. The summed E-state index contributed by atoms with van der Waals surface area (Å²) in [5, 5.41) is 2.87. The molecule has 0 radical (unpaired) electrons. The van der Waals surface area contributed by atoms with Crippen LogP contribution in [0.3, 0.4) is 0 Å². The molecule has 3 saturated carbocycles. The molecule has 1 amide bonds. The molecule has 4 fully saturated rings. The minimum absolute atomic E-state index is 0.106. The first kappa shape index (κ1) is 34.2. The minimum atomic E-state index is -2.98. The number of nitrogens with one attached hydrogen (secondary N) is 1. The third-order valence-corrected chi connectivity index (χ3v) is 10.1. The first-order valence-corrected chi connectivity index (χ1v) is 15.6. The number of para-hydroxylation sites is 1. The summed E-state index contributed by atoms with van der Waals surface area (Å²) in [6.07, 6.45) is 2.13. The van der Waals surface area contributed by atoms with Gasteiger partial charge in [-0.05, 0) is 74.8 Å². The summed E-state index contributed by atoms with van der Waals surface area (Å²) >= 11 is 0. The molecule has 9 nitrogen and oxygen atoms in total. The van der Waals surface area contributed by atoms with Crippen molar-refractivity contribution in [3.63, 3.8) is 0 Å². The maximum absolute atomic E-state index is 13.5. The van der Waals surface area contributed by atoms with Gasteiger partial charge in [0.1, 0.15) is 11.3 Å². The van der Waals surface area contributed by atoms with Crippen molar-refractivity contribution in [2.45, 2.75) is 110 Å². The monoisotopic (exact) mass is 621 g/mol. The fourth-order valence-electron chi connectivity index (χ4n) is 7.24. The summed E-state index contributed by atoms with van der Waals surface area (Å²) in [5.41, 5.74) is 0.217. The molecule has 1 aliphatic heterocycles. The quantitative estimate of drug-likeness (QED) is 0.164. The lowest BCUT2D eigenvalue weighted by Crippen LogP contribution is -2.65. The number of halogens is 2. The molecule has 12 heteroatoms. The van der Waals surface area contributed by atoms with E-state index in [2.05, 4.69) is 26.1 Å². The van der Waals surface area contributed by atoms with E-state index in [4.69, 9.17) is 23.5 Å². The molecule has 5 atom stereocenters. The number of hydrogen-bond acceptors (Lipinski definition) is 8. The molecule has 1 aromatic rings. The Morgan fingerprint density at radius 2 is 1.84 bits per heavy atom. The maximum atomic E-state index is 13.5. The highest BCUT2D eigenvalue weighted by molar-refractivity contribution is 6.48. The Labute approximate surface area is 259 Å². The zero-order chi connectivity index (χ0) is 32.4. The standard InChI is InChI=1S/C32H46BF2NO8/c1-8-19(9-2)28(38)41-18-42-29(39)22-12-10-11-20(27(22)40-7)15-25(36-26(37)13-14-31(5,34)35)33-43-24-17-21-16-23(30(21,3)4)32(24,6)44-33/h10-12,19,21,23-25H,8-9,13-18H2,1-7H3,(H,36,37). The van der Waals surface area contributed by atoms with Crippen LogP contribution in [0.2, 0.25) is 0 Å². The van der Waals surface area contributed by atoms with E-state index >= 15 is 0 Å². The Balaban J connectivity index is 1.52. The van der Waals surface area contributed by atoms with Crippen molar-refractivity contribution in [3.05, 3.63) is 29.3 Å². The van der Waals surface area contributed by atoms with E-state index in [9.17, 15) is 23.2 Å². The van der Waals surface area contributed by atoms with Gasteiger partial charge in [0.25, 0.3) is 0 Å². The van der Waals surface area contributed by atoms with Crippen LogP contribution in [0.15, 0.2) is 18.2 Å². The highest BCUT2D eigenvalue weighted by atomic mass is 19.3. The molecular weight excluding hydrogens is 575 g/mol. The van der Waals surface area contributed by atoms with Gasteiger partial charge in [0.05, 0.1) is 30.7 Å². The number of benzene rings is 1. The van der Waals surface area contributed by atoms with Gasteiger partial charge < -0.3 is 28.8 Å². The van der Waals surface area contributed by atoms with Crippen LogP contribution in [0.5, 0.6) is 5.75 Å². The first-order chi connectivity index (χ1) is 20.6. The normalized spacial score (nSPS) is 26.0. The highest BCUT2D eigenvalue weighted by Crippen LogP contribution is 2.65. The SMILES string of the molecule is CCC(CC)C(=O)OCOC(=O)c1cccc(CC(NC(=O)CCC(C)(F)F)B2OC3CC4CC(C4(C)C)C3(C)O2)c1OC. The molecule has 1 saturated heterocycles. The summed E-state index contributed by atoms with van der Waals surface area (Å²) in [7, 11) is 0.573. The summed E-state index contributed by atoms with van der Waals surface area (Å²) in [6, 6.07) is 4.92. The van der Waals surface area contributed by atoms with Crippen molar-refractivity contribution >= 4 is 25.0 Å². The van der Waals surface area contributed by atoms with Crippen molar-refractivity contribution in [1.29, 1.82) is 0 Å². The third kappa shape index (κ3) is 7.06. The van der Waals surface area contributed by atoms with Crippen LogP contribution in [0.25, 0.3) is 0 Å². The maximum Gasteiger partial charge on any atom is 0.482 e. The Morgan fingerprint density at radius 1 is 1.14 bits per heavy atom. The number of alkyl halides is 2.